The number of halogens is 1. The number of urea groups is 1. The fraction of sp³-hybridized carbons (Fsp3) is 0.467. The molecule has 1 rings (SSSR count). The monoisotopic (exact) mass is 296 g/mol. The highest BCUT2D eigenvalue weighted by molar-refractivity contribution is 5.86. The van der Waals surface area contributed by atoms with Crippen LogP contribution in [-0.4, -0.2) is 29.2 Å². The fourth-order valence-electron chi connectivity index (χ4n) is 2.02. The van der Waals surface area contributed by atoms with Crippen molar-refractivity contribution in [3.63, 3.8) is 0 Å². The number of carbonyl (C=O) groups is 2. The number of aliphatic carboxylic acids is 1. The quantitative estimate of drug-likeness (QED) is 0.722. The van der Waals surface area contributed by atoms with Gasteiger partial charge in [0.25, 0.3) is 0 Å². The van der Waals surface area contributed by atoms with Crippen molar-refractivity contribution in [2.75, 3.05) is 6.54 Å². The summed E-state index contributed by atoms with van der Waals surface area (Å²) < 4.78 is 12.7. The van der Waals surface area contributed by atoms with Crippen molar-refractivity contribution >= 4 is 12.0 Å². The summed E-state index contributed by atoms with van der Waals surface area (Å²) in [6, 6.07) is 5.50. The Bertz CT molecular complexity index is 484. The van der Waals surface area contributed by atoms with Crippen LogP contribution in [0, 0.1) is 5.82 Å². The summed E-state index contributed by atoms with van der Waals surface area (Å²) in [5, 5.41) is 14.4. The Labute approximate surface area is 123 Å². The lowest BCUT2D eigenvalue weighted by atomic mass is 9.93. The van der Waals surface area contributed by atoms with Crippen LogP contribution >= 0.6 is 0 Å². The molecule has 0 aromatic heterocycles. The molecule has 0 aliphatic rings. The fourth-order valence-corrected chi connectivity index (χ4v) is 2.02. The minimum atomic E-state index is -1.24. The van der Waals surface area contributed by atoms with Crippen LogP contribution < -0.4 is 10.6 Å². The number of benzene rings is 1. The number of nitrogens with one attached hydrogen (secondary N) is 2. The van der Waals surface area contributed by atoms with E-state index in [1.54, 1.807) is 26.0 Å². The molecule has 0 saturated carbocycles. The third kappa shape index (κ3) is 4.73. The van der Waals surface area contributed by atoms with Crippen LogP contribution in [-0.2, 0) is 11.2 Å². The Morgan fingerprint density at radius 3 is 2.24 bits per heavy atom. The highest BCUT2D eigenvalue weighted by Crippen LogP contribution is 2.15. The molecule has 0 unspecified atom stereocenters. The van der Waals surface area contributed by atoms with Gasteiger partial charge >= 0.3 is 12.0 Å². The second-order valence-electron chi connectivity index (χ2n) is 4.85. The van der Waals surface area contributed by atoms with Gasteiger partial charge < -0.3 is 15.7 Å². The van der Waals surface area contributed by atoms with Crippen molar-refractivity contribution in [3.05, 3.63) is 35.6 Å². The second-order valence-corrected chi connectivity index (χ2v) is 4.85. The molecule has 0 saturated heterocycles. The van der Waals surface area contributed by atoms with E-state index in [-0.39, 0.29) is 5.82 Å². The van der Waals surface area contributed by atoms with Gasteiger partial charge in [-0.05, 0) is 37.0 Å². The van der Waals surface area contributed by atoms with Crippen molar-refractivity contribution in [2.45, 2.75) is 38.6 Å². The SMILES string of the molecule is CCC(CC)(NC(=O)NCCc1ccc(F)cc1)C(=O)O. The van der Waals surface area contributed by atoms with Gasteiger partial charge in [-0.1, -0.05) is 26.0 Å². The Morgan fingerprint density at radius 1 is 1.19 bits per heavy atom. The first-order valence-electron chi connectivity index (χ1n) is 6.97. The van der Waals surface area contributed by atoms with Crippen LogP contribution in [0.4, 0.5) is 9.18 Å². The van der Waals surface area contributed by atoms with Gasteiger partial charge in [0.05, 0.1) is 0 Å². The highest BCUT2D eigenvalue weighted by atomic mass is 19.1. The van der Waals surface area contributed by atoms with E-state index in [0.29, 0.717) is 25.8 Å². The molecule has 0 spiro atoms. The number of carbonyl (C=O) groups excluding carboxylic acids is 1. The molecule has 1 aromatic carbocycles. The predicted molar refractivity (Wildman–Crippen MR) is 77.6 cm³/mol. The molecule has 5 nitrogen and oxygen atoms in total. The average Bonchev–Trinajstić information content (AvgIpc) is 2.46. The van der Waals surface area contributed by atoms with Crippen LogP contribution in [0.25, 0.3) is 0 Å². The minimum Gasteiger partial charge on any atom is -0.480 e. The van der Waals surface area contributed by atoms with Gasteiger partial charge in [-0.25, -0.2) is 14.0 Å². The zero-order valence-corrected chi connectivity index (χ0v) is 12.3. The van der Waals surface area contributed by atoms with E-state index in [0.717, 1.165) is 5.56 Å². The lowest BCUT2D eigenvalue weighted by molar-refractivity contribution is -0.144. The lowest BCUT2D eigenvalue weighted by Gasteiger charge is -2.28. The van der Waals surface area contributed by atoms with Gasteiger partial charge in [-0.3, -0.25) is 0 Å². The van der Waals surface area contributed by atoms with E-state index in [4.69, 9.17) is 0 Å². The maximum absolute atomic E-state index is 12.7. The van der Waals surface area contributed by atoms with Crippen LogP contribution in [0.3, 0.4) is 0 Å². The molecule has 0 atom stereocenters. The predicted octanol–water partition coefficient (Wildman–Crippen LogP) is 2.31. The maximum Gasteiger partial charge on any atom is 0.329 e. The summed E-state index contributed by atoms with van der Waals surface area (Å²) in [5.74, 6) is -1.34. The first-order valence-corrected chi connectivity index (χ1v) is 6.97. The van der Waals surface area contributed by atoms with E-state index in [1.165, 1.54) is 12.1 Å². The second kappa shape index (κ2) is 7.61. The molecule has 0 aliphatic heterocycles. The van der Waals surface area contributed by atoms with Crippen molar-refractivity contribution in [1.82, 2.24) is 10.6 Å². The van der Waals surface area contributed by atoms with Crippen molar-refractivity contribution in [2.24, 2.45) is 0 Å². The topological polar surface area (TPSA) is 78.4 Å². The number of hydrogen-bond acceptors (Lipinski definition) is 2. The first-order chi connectivity index (χ1) is 9.93. The van der Waals surface area contributed by atoms with E-state index in [2.05, 4.69) is 10.6 Å². The molecule has 0 aliphatic carbocycles. The molecular weight excluding hydrogens is 275 g/mol. The van der Waals surface area contributed by atoms with Crippen molar-refractivity contribution in [3.8, 4) is 0 Å². The smallest absolute Gasteiger partial charge is 0.329 e. The van der Waals surface area contributed by atoms with Crippen molar-refractivity contribution < 1.29 is 19.1 Å². The third-order valence-corrected chi connectivity index (χ3v) is 3.58. The summed E-state index contributed by atoms with van der Waals surface area (Å²) in [5.41, 5.74) is -0.341. The summed E-state index contributed by atoms with van der Waals surface area (Å²) in [7, 11) is 0. The molecular formula is C15H21FN2O3. The zero-order valence-electron chi connectivity index (χ0n) is 12.3. The zero-order chi connectivity index (χ0) is 15.9. The van der Waals surface area contributed by atoms with Gasteiger partial charge in [0, 0.05) is 6.54 Å². The molecule has 2 amide bonds. The molecule has 21 heavy (non-hydrogen) atoms. The third-order valence-electron chi connectivity index (χ3n) is 3.58. The molecule has 0 bridgehead atoms. The maximum atomic E-state index is 12.7. The highest BCUT2D eigenvalue weighted by Gasteiger charge is 2.36. The molecule has 0 heterocycles. The molecule has 6 heteroatoms. The van der Waals surface area contributed by atoms with Crippen molar-refractivity contribution in [1.29, 1.82) is 0 Å². The number of carboxylic acids is 1. The lowest BCUT2D eigenvalue weighted by Crippen LogP contribution is -2.56. The van der Waals surface area contributed by atoms with Gasteiger partial charge in [0.15, 0.2) is 0 Å². The van der Waals surface area contributed by atoms with Crippen LogP contribution in [0.5, 0.6) is 0 Å². The van der Waals surface area contributed by atoms with Gasteiger partial charge in [0.1, 0.15) is 11.4 Å². The van der Waals surface area contributed by atoms with E-state index >= 15 is 0 Å². The molecule has 0 fully saturated rings. The Morgan fingerprint density at radius 2 is 1.76 bits per heavy atom. The largest absolute Gasteiger partial charge is 0.480 e. The Balaban J connectivity index is 2.46. The van der Waals surface area contributed by atoms with Gasteiger partial charge in [-0.2, -0.15) is 0 Å². The van der Waals surface area contributed by atoms with Crippen LogP contribution in [0.15, 0.2) is 24.3 Å². The van der Waals surface area contributed by atoms with E-state index < -0.39 is 17.5 Å². The van der Waals surface area contributed by atoms with Gasteiger partial charge in [-0.15, -0.1) is 0 Å². The van der Waals surface area contributed by atoms with Crippen LogP contribution in [0.1, 0.15) is 32.3 Å². The number of amides is 2. The molecule has 3 N–H and O–H groups in total. The van der Waals surface area contributed by atoms with Gasteiger partial charge in [0.2, 0.25) is 0 Å². The summed E-state index contributed by atoms with van der Waals surface area (Å²) in [4.78, 5) is 23.0. The standard InChI is InChI=1S/C15H21FN2O3/c1-3-15(4-2,13(19)20)18-14(21)17-10-9-11-5-7-12(16)8-6-11/h5-8H,3-4,9-10H2,1-2H3,(H,19,20)(H2,17,18,21). The molecule has 0 radical (unpaired) electrons. The normalized spacial score (nSPS) is 11.0. The van der Waals surface area contributed by atoms with Crippen LogP contribution in [0.2, 0.25) is 0 Å². The first kappa shape index (κ1) is 16.9. The Hall–Kier alpha value is -2.11. The molecule has 116 valence electrons. The average molecular weight is 296 g/mol. The summed E-state index contributed by atoms with van der Waals surface area (Å²) in [6.45, 7) is 3.79. The van der Waals surface area contributed by atoms with E-state index in [9.17, 15) is 19.1 Å². The molecule has 1 aromatic rings. The minimum absolute atomic E-state index is 0.304. The Kier molecular flexibility index (Phi) is 6.14. The number of hydrogen-bond donors (Lipinski definition) is 3. The van der Waals surface area contributed by atoms with E-state index in [1.807, 2.05) is 0 Å². The summed E-state index contributed by atoms with van der Waals surface area (Å²) >= 11 is 0. The number of rotatable bonds is 7. The number of carboxylic acid groups (broad SMARTS) is 1. The summed E-state index contributed by atoms with van der Waals surface area (Å²) in [6.07, 6.45) is 1.17.